The lowest BCUT2D eigenvalue weighted by Crippen LogP contribution is -2.32. The Hall–Kier alpha value is -3.74. The molecular formula is C28H26N2O5. The summed E-state index contributed by atoms with van der Waals surface area (Å²) in [7, 11) is 0. The van der Waals surface area contributed by atoms with Crippen LogP contribution in [-0.2, 0) is 25.6 Å². The van der Waals surface area contributed by atoms with Crippen LogP contribution in [0.2, 0.25) is 0 Å². The quantitative estimate of drug-likeness (QED) is 0.289. The second-order valence-corrected chi connectivity index (χ2v) is 9.82. The van der Waals surface area contributed by atoms with Gasteiger partial charge in [0.1, 0.15) is 5.75 Å². The molecule has 2 saturated heterocycles. The summed E-state index contributed by atoms with van der Waals surface area (Å²) in [4.78, 5) is 54.8. The number of anilines is 2. The van der Waals surface area contributed by atoms with Crippen molar-refractivity contribution < 1.29 is 23.9 Å². The second-order valence-electron chi connectivity index (χ2n) is 9.82. The molecule has 1 saturated carbocycles. The first-order valence-corrected chi connectivity index (χ1v) is 12.2. The van der Waals surface area contributed by atoms with Crippen LogP contribution in [0.25, 0.3) is 0 Å². The van der Waals surface area contributed by atoms with Gasteiger partial charge in [-0.1, -0.05) is 43.3 Å². The standard InChI is InChI=1S/C28H26N2O5/c1-2-16-6-3-4-9-22(16)29-15-19(13-23(29)31)28(34)35-21-8-5-7-20(14-21)30-26(32)24-17-10-11-18(12-17)25(24)27(30)33/h3-11,14,17-19,24-25H,2,12-13,15H2,1H3/t17-,18-,19-,24-,25+/m0/s1. The molecule has 0 N–H and O–H groups in total. The molecular weight excluding hydrogens is 444 g/mol. The van der Waals surface area contributed by atoms with E-state index in [0.717, 1.165) is 24.1 Å². The van der Waals surface area contributed by atoms with Crippen molar-refractivity contribution in [2.24, 2.45) is 29.6 Å². The van der Waals surface area contributed by atoms with Gasteiger partial charge >= 0.3 is 5.97 Å². The van der Waals surface area contributed by atoms with Crippen LogP contribution in [0.3, 0.4) is 0 Å². The predicted molar refractivity (Wildman–Crippen MR) is 129 cm³/mol. The van der Waals surface area contributed by atoms with Crippen molar-refractivity contribution in [3.05, 3.63) is 66.2 Å². The number of fused-ring (bicyclic) bond motifs is 5. The molecule has 35 heavy (non-hydrogen) atoms. The van der Waals surface area contributed by atoms with Crippen molar-refractivity contribution in [2.75, 3.05) is 16.3 Å². The normalized spacial score (nSPS) is 28.8. The molecule has 2 bridgehead atoms. The van der Waals surface area contributed by atoms with Gasteiger partial charge in [-0.15, -0.1) is 0 Å². The number of rotatable bonds is 5. The summed E-state index contributed by atoms with van der Waals surface area (Å²) in [5, 5.41) is 0. The minimum Gasteiger partial charge on any atom is -0.426 e. The van der Waals surface area contributed by atoms with Crippen molar-refractivity contribution in [1.29, 1.82) is 0 Å². The molecule has 178 valence electrons. The lowest BCUT2D eigenvalue weighted by Gasteiger charge is -2.20. The molecule has 0 spiro atoms. The minimum absolute atomic E-state index is 0.0821. The maximum Gasteiger partial charge on any atom is 0.316 e. The van der Waals surface area contributed by atoms with Gasteiger partial charge in [-0.25, -0.2) is 4.90 Å². The Bertz CT molecular complexity index is 1250. The average Bonchev–Trinajstić information content (AvgIpc) is 3.62. The van der Waals surface area contributed by atoms with Gasteiger partial charge < -0.3 is 9.64 Å². The van der Waals surface area contributed by atoms with Gasteiger partial charge in [-0.2, -0.15) is 0 Å². The van der Waals surface area contributed by atoms with Crippen LogP contribution in [0.4, 0.5) is 11.4 Å². The van der Waals surface area contributed by atoms with Crippen molar-refractivity contribution >= 4 is 35.1 Å². The fraction of sp³-hybridized carbons (Fsp3) is 0.357. The topological polar surface area (TPSA) is 84.0 Å². The Morgan fingerprint density at radius 2 is 1.69 bits per heavy atom. The zero-order valence-electron chi connectivity index (χ0n) is 19.4. The molecule has 0 aromatic heterocycles. The Morgan fingerprint density at radius 3 is 2.40 bits per heavy atom. The summed E-state index contributed by atoms with van der Waals surface area (Å²) in [6, 6.07) is 14.2. The highest BCUT2D eigenvalue weighted by atomic mass is 16.5. The summed E-state index contributed by atoms with van der Waals surface area (Å²) in [6.45, 7) is 2.29. The van der Waals surface area contributed by atoms with E-state index in [1.807, 2.05) is 31.2 Å². The van der Waals surface area contributed by atoms with Gasteiger partial charge in [0.2, 0.25) is 17.7 Å². The van der Waals surface area contributed by atoms with Crippen LogP contribution in [0.1, 0.15) is 25.3 Å². The Morgan fingerprint density at radius 1 is 0.971 bits per heavy atom. The molecule has 4 aliphatic rings. The molecule has 2 aliphatic heterocycles. The van der Waals surface area contributed by atoms with Gasteiger partial charge in [0.05, 0.1) is 23.4 Å². The number of nitrogens with zero attached hydrogens (tertiary/aromatic N) is 2. The molecule has 2 aromatic rings. The number of ether oxygens (including phenoxy) is 1. The van der Waals surface area contributed by atoms with Crippen molar-refractivity contribution in [3.63, 3.8) is 0 Å². The van der Waals surface area contributed by atoms with E-state index in [0.29, 0.717) is 5.69 Å². The smallest absolute Gasteiger partial charge is 0.316 e. The van der Waals surface area contributed by atoms with Gasteiger partial charge in [0.15, 0.2) is 0 Å². The van der Waals surface area contributed by atoms with Gasteiger partial charge in [0, 0.05) is 24.7 Å². The third-order valence-electron chi connectivity index (χ3n) is 7.89. The molecule has 6 rings (SSSR count). The molecule has 0 unspecified atom stereocenters. The number of hydrogen-bond acceptors (Lipinski definition) is 5. The van der Waals surface area contributed by atoms with E-state index in [2.05, 4.69) is 12.2 Å². The first kappa shape index (κ1) is 21.8. The highest BCUT2D eigenvalue weighted by molar-refractivity contribution is 6.22. The number of carbonyl (C=O) groups excluding carboxylic acids is 4. The van der Waals surface area contributed by atoms with Crippen LogP contribution >= 0.6 is 0 Å². The summed E-state index contributed by atoms with van der Waals surface area (Å²) >= 11 is 0. The summed E-state index contributed by atoms with van der Waals surface area (Å²) in [5.41, 5.74) is 2.30. The SMILES string of the molecule is CCc1ccccc1N1C[C@@H](C(=O)Oc2cccc(N3C(=O)[C@@H]4[C@H](C3=O)[C@H]3C=C[C@H]4C3)c2)CC1=O. The van der Waals surface area contributed by atoms with Crippen LogP contribution in [0.15, 0.2) is 60.7 Å². The number of carbonyl (C=O) groups is 4. The van der Waals surface area contributed by atoms with Crippen LogP contribution in [0.5, 0.6) is 5.75 Å². The van der Waals surface area contributed by atoms with Gasteiger partial charge in [-0.3, -0.25) is 19.2 Å². The van der Waals surface area contributed by atoms with Crippen molar-refractivity contribution in [3.8, 4) is 5.75 Å². The number of imide groups is 1. The number of hydrogen-bond donors (Lipinski definition) is 0. The average molecular weight is 471 g/mol. The summed E-state index contributed by atoms with van der Waals surface area (Å²) < 4.78 is 5.63. The largest absolute Gasteiger partial charge is 0.426 e. The van der Waals surface area contributed by atoms with E-state index in [4.69, 9.17) is 4.74 Å². The number of para-hydroxylation sites is 1. The van der Waals surface area contributed by atoms with Gasteiger partial charge in [0.25, 0.3) is 0 Å². The Labute approximate surface area is 203 Å². The molecule has 7 heteroatoms. The molecule has 2 aromatic carbocycles. The third-order valence-corrected chi connectivity index (χ3v) is 7.89. The molecule has 5 atom stereocenters. The zero-order chi connectivity index (χ0) is 24.3. The van der Waals surface area contributed by atoms with Crippen LogP contribution < -0.4 is 14.5 Å². The zero-order valence-corrected chi connectivity index (χ0v) is 19.4. The van der Waals surface area contributed by atoms with Crippen molar-refractivity contribution in [1.82, 2.24) is 0 Å². The van der Waals surface area contributed by atoms with Crippen LogP contribution in [-0.4, -0.2) is 30.2 Å². The maximum absolute atomic E-state index is 13.1. The number of aryl methyl sites for hydroxylation is 1. The number of allylic oxidation sites excluding steroid dienone is 2. The van der Waals surface area contributed by atoms with E-state index in [9.17, 15) is 19.2 Å². The van der Waals surface area contributed by atoms with Crippen LogP contribution in [0, 0.1) is 29.6 Å². The fourth-order valence-electron chi connectivity index (χ4n) is 6.21. The number of amides is 3. The molecule has 3 fully saturated rings. The minimum atomic E-state index is -0.591. The molecule has 7 nitrogen and oxygen atoms in total. The summed E-state index contributed by atoms with van der Waals surface area (Å²) in [5.74, 6) is -1.59. The highest BCUT2D eigenvalue weighted by Gasteiger charge is 2.59. The van der Waals surface area contributed by atoms with E-state index < -0.39 is 11.9 Å². The van der Waals surface area contributed by atoms with E-state index in [1.165, 1.54) is 4.90 Å². The molecule has 2 heterocycles. The van der Waals surface area contributed by atoms with E-state index in [-0.39, 0.29) is 60.1 Å². The number of benzene rings is 2. The number of esters is 1. The predicted octanol–water partition coefficient (Wildman–Crippen LogP) is 3.52. The highest BCUT2D eigenvalue weighted by Crippen LogP contribution is 2.53. The molecule has 3 amide bonds. The van der Waals surface area contributed by atoms with E-state index >= 15 is 0 Å². The van der Waals surface area contributed by atoms with Crippen molar-refractivity contribution in [2.45, 2.75) is 26.2 Å². The third kappa shape index (κ3) is 3.40. The lowest BCUT2D eigenvalue weighted by molar-refractivity contribution is -0.139. The Balaban J connectivity index is 1.17. The van der Waals surface area contributed by atoms with E-state index in [1.54, 1.807) is 29.2 Å². The molecule has 2 aliphatic carbocycles. The van der Waals surface area contributed by atoms with Gasteiger partial charge in [-0.05, 0) is 48.4 Å². The lowest BCUT2D eigenvalue weighted by atomic mass is 9.85. The molecule has 0 radical (unpaired) electrons. The summed E-state index contributed by atoms with van der Waals surface area (Å²) in [6.07, 6.45) is 5.86. The first-order chi connectivity index (χ1) is 17.0. The first-order valence-electron chi connectivity index (χ1n) is 12.2. The Kier molecular flexibility index (Phi) is 5.09. The maximum atomic E-state index is 13.1. The monoisotopic (exact) mass is 470 g/mol. The second kappa shape index (κ2) is 8.18. The fourth-order valence-corrected chi connectivity index (χ4v) is 6.21.